The Morgan fingerprint density at radius 1 is 1.26 bits per heavy atom. The molecule has 0 bridgehead atoms. The first kappa shape index (κ1) is 15.0. The van der Waals surface area contributed by atoms with Crippen molar-refractivity contribution in [2.75, 3.05) is 20.1 Å². The molecule has 2 nitrogen and oxygen atoms in total. The summed E-state index contributed by atoms with van der Waals surface area (Å²) >= 11 is 3.49. The van der Waals surface area contributed by atoms with Crippen LogP contribution < -0.4 is 5.32 Å². The summed E-state index contributed by atoms with van der Waals surface area (Å²) in [7, 11) is 2.19. The van der Waals surface area contributed by atoms with Crippen molar-refractivity contribution in [2.24, 2.45) is 0 Å². The first-order chi connectivity index (χ1) is 9.06. The highest BCUT2D eigenvalue weighted by atomic mass is 79.9. The maximum Gasteiger partial charge on any atom is 0.0175 e. The van der Waals surface area contributed by atoms with E-state index in [-0.39, 0.29) is 0 Å². The van der Waals surface area contributed by atoms with Gasteiger partial charge in [-0.05, 0) is 57.4 Å². The Labute approximate surface area is 125 Å². The molecule has 0 spiro atoms. The van der Waals surface area contributed by atoms with Crippen molar-refractivity contribution in [2.45, 2.75) is 44.7 Å². The average molecular weight is 325 g/mol. The van der Waals surface area contributed by atoms with Crippen molar-refractivity contribution in [3.05, 3.63) is 34.3 Å². The van der Waals surface area contributed by atoms with Crippen molar-refractivity contribution in [1.82, 2.24) is 10.2 Å². The van der Waals surface area contributed by atoms with Crippen LogP contribution in [0.3, 0.4) is 0 Å². The smallest absolute Gasteiger partial charge is 0.0175 e. The highest BCUT2D eigenvalue weighted by molar-refractivity contribution is 9.10. The van der Waals surface area contributed by atoms with Gasteiger partial charge in [-0.25, -0.2) is 0 Å². The van der Waals surface area contributed by atoms with E-state index in [2.05, 4.69) is 71.3 Å². The molecular formula is C16H25BrN2. The third-order valence-corrected chi connectivity index (χ3v) is 4.79. The third kappa shape index (κ3) is 4.30. The molecule has 0 heterocycles. The van der Waals surface area contributed by atoms with Crippen LogP contribution in [0.2, 0.25) is 0 Å². The van der Waals surface area contributed by atoms with Crippen LogP contribution in [0, 0.1) is 0 Å². The molecule has 1 aromatic rings. The van der Waals surface area contributed by atoms with Gasteiger partial charge in [0, 0.05) is 29.6 Å². The third-order valence-electron chi connectivity index (χ3n) is 4.26. The van der Waals surface area contributed by atoms with E-state index in [9.17, 15) is 0 Å². The molecule has 1 fully saturated rings. The summed E-state index contributed by atoms with van der Waals surface area (Å²) in [6, 6.07) is 10.1. The van der Waals surface area contributed by atoms with E-state index in [1.807, 2.05) is 0 Å². The van der Waals surface area contributed by atoms with Crippen molar-refractivity contribution in [3.8, 4) is 0 Å². The molecule has 0 aliphatic heterocycles. The number of halogens is 1. The highest BCUT2D eigenvalue weighted by Crippen LogP contribution is 2.37. The monoisotopic (exact) mass is 324 g/mol. The minimum Gasteiger partial charge on any atom is -0.313 e. The normalized spacial score (nSPS) is 22.8. The number of hydrogen-bond donors (Lipinski definition) is 1. The maximum absolute atomic E-state index is 3.67. The molecule has 106 valence electrons. The second-order valence-corrected chi connectivity index (χ2v) is 6.86. The Bertz CT molecular complexity index is 382. The zero-order valence-corrected chi connectivity index (χ0v) is 13.8. The molecule has 1 aliphatic rings. The van der Waals surface area contributed by atoms with Crippen molar-refractivity contribution in [1.29, 1.82) is 0 Å². The van der Waals surface area contributed by atoms with Gasteiger partial charge in [-0.15, -0.1) is 0 Å². The molecule has 0 amide bonds. The van der Waals surface area contributed by atoms with Crippen molar-refractivity contribution in [3.63, 3.8) is 0 Å². The van der Waals surface area contributed by atoms with Gasteiger partial charge in [0.2, 0.25) is 0 Å². The van der Waals surface area contributed by atoms with Gasteiger partial charge in [0.1, 0.15) is 0 Å². The van der Waals surface area contributed by atoms with Crippen LogP contribution >= 0.6 is 15.9 Å². The summed E-state index contributed by atoms with van der Waals surface area (Å²) in [4.78, 5) is 2.39. The number of nitrogens with zero attached hydrogens (tertiary/aromatic N) is 1. The molecule has 0 unspecified atom stereocenters. The Balaban J connectivity index is 1.65. The minimum absolute atomic E-state index is 0.638. The lowest BCUT2D eigenvalue weighted by Crippen LogP contribution is -2.43. The predicted molar refractivity (Wildman–Crippen MR) is 85.7 cm³/mol. The quantitative estimate of drug-likeness (QED) is 0.859. The first-order valence-corrected chi connectivity index (χ1v) is 8.04. The standard InChI is InChI=1S/C16H25BrN2/c1-12(2)19(3)9-8-18-16-10-14(11-16)13-4-6-15(17)7-5-13/h4-7,12,14,16,18H,8-11H2,1-3H3. The predicted octanol–water partition coefficient (Wildman–Crippen LogP) is 3.62. The van der Waals surface area contributed by atoms with E-state index in [4.69, 9.17) is 0 Å². The van der Waals surface area contributed by atoms with Gasteiger partial charge >= 0.3 is 0 Å². The van der Waals surface area contributed by atoms with Crippen LogP contribution in [-0.2, 0) is 0 Å². The molecule has 0 saturated heterocycles. The van der Waals surface area contributed by atoms with E-state index in [1.165, 1.54) is 22.9 Å². The van der Waals surface area contributed by atoms with E-state index in [0.717, 1.165) is 19.0 Å². The molecule has 3 heteroatoms. The molecule has 0 aromatic heterocycles. The summed E-state index contributed by atoms with van der Waals surface area (Å²) in [5.41, 5.74) is 1.49. The lowest BCUT2D eigenvalue weighted by Gasteiger charge is -2.37. The molecule has 0 atom stereocenters. The summed E-state index contributed by atoms with van der Waals surface area (Å²) in [5.74, 6) is 0.758. The van der Waals surface area contributed by atoms with E-state index in [0.29, 0.717) is 12.1 Å². The summed E-state index contributed by atoms with van der Waals surface area (Å²) in [5, 5.41) is 3.67. The van der Waals surface area contributed by atoms with Gasteiger partial charge in [0.15, 0.2) is 0 Å². The maximum atomic E-state index is 3.67. The lowest BCUT2D eigenvalue weighted by atomic mass is 9.76. The number of benzene rings is 1. The van der Waals surface area contributed by atoms with Crippen molar-refractivity contribution >= 4 is 15.9 Å². The zero-order valence-electron chi connectivity index (χ0n) is 12.2. The number of rotatable bonds is 6. The summed E-state index contributed by atoms with van der Waals surface area (Å²) in [6.45, 7) is 6.73. The zero-order chi connectivity index (χ0) is 13.8. The van der Waals surface area contributed by atoms with Crippen LogP contribution in [0.5, 0.6) is 0 Å². The summed E-state index contributed by atoms with van der Waals surface area (Å²) in [6.07, 6.45) is 2.57. The Kier molecular flexibility index (Phi) is 5.43. The second kappa shape index (κ2) is 6.87. The summed E-state index contributed by atoms with van der Waals surface area (Å²) < 4.78 is 1.17. The minimum atomic E-state index is 0.638. The largest absolute Gasteiger partial charge is 0.313 e. The number of likely N-dealkylation sites (N-methyl/N-ethyl adjacent to an activating group) is 1. The lowest BCUT2D eigenvalue weighted by molar-refractivity contribution is 0.242. The van der Waals surface area contributed by atoms with Crippen molar-refractivity contribution < 1.29 is 0 Å². The molecule has 1 N–H and O–H groups in total. The van der Waals surface area contributed by atoms with Crippen LogP contribution in [0.1, 0.15) is 38.2 Å². The van der Waals surface area contributed by atoms with E-state index in [1.54, 1.807) is 0 Å². The van der Waals surface area contributed by atoms with Crippen LogP contribution in [0.4, 0.5) is 0 Å². The van der Waals surface area contributed by atoms with E-state index >= 15 is 0 Å². The molecule has 0 radical (unpaired) electrons. The number of nitrogens with one attached hydrogen (secondary N) is 1. The van der Waals surface area contributed by atoms with Gasteiger partial charge in [-0.3, -0.25) is 0 Å². The van der Waals surface area contributed by atoms with Gasteiger partial charge in [-0.1, -0.05) is 28.1 Å². The highest BCUT2D eigenvalue weighted by Gasteiger charge is 2.29. The van der Waals surface area contributed by atoms with Crippen LogP contribution in [0.15, 0.2) is 28.7 Å². The topological polar surface area (TPSA) is 15.3 Å². The van der Waals surface area contributed by atoms with Gasteiger partial charge in [0.05, 0.1) is 0 Å². The van der Waals surface area contributed by atoms with Gasteiger partial charge in [-0.2, -0.15) is 0 Å². The van der Waals surface area contributed by atoms with Crippen LogP contribution in [-0.4, -0.2) is 37.1 Å². The Morgan fingerprint density at radius 2 is 1.89 bits per heavy atom. The second-order valence-electron chi connectivity index (χ2n) is 5.95. The molecule has 19 heavy (non-hydrogen) atoms. The molecule has 2 rings (SSSR count). The van der Waals surface area contributed by atoms with Gasteiger partial charge < -0.3 is 10.2 Å². The number of hydrogen-bond acceptors (Lipinski definition) is 2. The SMILES string of the molecule is CC(C)N(C)CCNC1CC(c2ccc(Br)cc2)C1. The molecule has 1 aromatic carbocycles. The van der Waals surface area contributed by atoms with Crippen LogP contribution in [0.25, 0.3) is 0 Å². The average Bonchev–Trinajstić information content (AvgIpc) is 2.33. The molecule has 1 saturated carbocycles. The molecular weight excluding hydrogens is 300 g/mol. The molecule has 1 aliphatic carbocycles. The fraction of sp³-hybridized carbons (Fsp3) is 0.625. The fourth-order valence-corrected chi connectivity index (χ4v) is 2.76. The Morgan fingerprint density at radius 3 is 2.47 bits per heavy atom. The van der Waals surface area contributed by atoms with Gasteiger partial charge in [0.25, 0.3) is 0 Å². The first-order valence-electron chi connectivity index (χ1n) is 7.25. The fourth-order valence-electron chi connectivity index (χ4n) is 2.49. The Hall–Kier alpha value is -0.380. The van der Waals surface area contributed by atoms with E-state index < -0.39 is 0 Å².